The van der Waals surface area contributed by atoms with E-state index < -0.39 is 11.9 Å². The van der Waals surface area contributed by atoms with Crippen molar-refractivity contribution in [1.82, 2.24) is 0 Å². The van der Waals surface area contributed by atoms with E-state index in [1.54, 1.807) is 24.3 Å². The van der Waals surface area contributed by atoms with Gasteiger partial charge in [0.05, 0.1) is 24.3 Å². The highest BCUT2D eigenvalue weighted by molar-refractivity contribution is 6.03. The van der Waals surface area contributed by atoms with Crippen LogP contribution in [0.5, 0.6) is 0 Å². The van der Waals surface area contributed by atoms with Crippen molar-refractivity contribution in [3.05, 3.63) is 41.5 Å². The van der Waals surface area contributed by atoms with E-state index in [-0.39, 0.29) is 23.0 Å². The lowest BCUT2D eigenvalue weighted by Gasteiger charge is -2.12. The summed E-state index contributed by atoms with van der Waals surface area (Å²) in [5.41, 5.74) is 1.18. The van der Waals surface area contributed by atoms with Crippen LogP contribution in [-0.2, 0) is 9.47 Å². The summed E-state index contributed by atoms with van der Waals surface area (Å²) in [5.74, 6) is -0.578. The van der Waals surface area contributed by atoms with Gasteiger partial charge in [0.15, 0.2) is 0 Å². The summed E-state index contributed by atoms with van der Waals surface area (Å²) < 4.78 is 10.4. The summed E-state index contributed by atoms with van der Waals surface area (Å²) in [6, 6.07) is 4.89. The molecule has 4 heteroatoms. The average molecular weight is 304 g/mol. The highest BCUT2D eigenvalue weighted by atomic mass is 16.5. The van der Waals surface area contributed by atoms with E-state index in [9.17, 15) is 9.59 Å². The first-order valence-electron chi connectivity index (χ1n) is 7.45. The summed E-state index contributed by atoms with van der Waals surface area (Å²) >= 11 is 0. The van der Waals surface area contributed by atoms with Crippen LogP contribution >= 0.6 is 0 Å². The van der Waals surface area contributed by atoms with Gasteiger partial charge in [-0.1, -0.05) is 46.4 Å². The zero-order valence-corrected chi connectivity index (χ0v) is 13.7. The van der Waals surface area contributed by atoms with Gasteiger partial charge in [0.25, 0.3) is 0 Å². The topological polar surface area (TPSA) is 52.6 Å². The number of ether oxygens (including phenoxy) is 2. The maximum atomic E-state index is 12.2. The molecule has 0 aliphatic carbocycles. The maximum absolute atomic E-state index is 12.2. The monoisotopic (exact) mass is 304 g/mol. The van der Waals surface area contributed by atoms with E-state index in [0.717, 1.165) is 5.56 Å². The molecule has 0 aliphatic rings. The molecule has 0 aliphatic heterocycles. The molecular weight excluding hydrogens is 280 g/mol. The molecule has 4 nitrogen and oxygen atoms in total. The molecule has 0 atom stereocenters. The van der Waals surface area contributed by atoms with Crippen LogP contribution in [0.3, 0.4) is 0 Å². The normalized spacial score (nSPS) is 10.6. The molecule has 0 saturated carbocycles. The Kier molecular flexibility index (Phi) is 6.83. The Morgan fingerprint density at radius 2 is 1.50 bits per heavy atom. The molecule has 22 heavy (non-hydrogen) atoms. The third-order valence-corrected chi connectivity index (χ3v) is 2.81. The standard InChI is InChI=1S/C18H24O4/c1-6-14-7-8-15(17(19)21-10-12(2)3)16(9-14)18(20)22-11-13(4)5/h6-9,12-13H,1,10-11H2,2-5H3. The van der Waals surface area contributed by atoms with Gasteiger partial charge in [0.2, 0.25) is 0 Å². The molecule has 0 aromatic heterocycles. The van der Waals surface area contributed by atoms with Crippen molar-refractivity contribution in [2.45, 2.75) is 27.7 Å². The van der Waals surface area contributed by atoms with Crippen LogP contribution in [0.25, 0.3) is 6.08 Å². The first-order chi connectivity index (χ1) is 10.3. The zero-order valence-electron chi connectivity index (χ0n) is 13.7. The highest BCUT2D eigenvalue weighted by Gasteiger charge is 2.20. The fraction of sp³-hybridized carbons (Fsp3) is 0.444. The number of rotatable bonds is 7. The molecule has 0 amide bonds. The third-order valence-electron chi connectivity index (χ3n) is 2.81. The van der Waals surface area contributed by atoms with Crippen LogP contribution < -0.4 is 0 Å². The summed E-state index contributed by atoms with van der Waals surface area (Å²) in [6.07, 6.45) is 1.61. The average Bonchev–Trinajstić information content (AvgIpc) is 2.49. The third kappa shape index (κ3) is 5.35. The molecule has 0 saturated heterocycles. The molecule has 0 heterocycles. The van der Waals surface area contributed by atoms with E-state index in [1.807, 2.05) is 27.7 Å². The maximum Gasteiger partial charge on any atom is 0.339 e. The van der Waals surface area contributed by atoms with Crippen molar-refractivity contribution in [2.75, 3.05) is 13.2 Å². The van der Waals surface area contributed by atoms with Crippen molar-refractivity contribution < 1.29 is 19.1 Å². The Bertz CT molecular complexity index is 544. The molecule has 0 fully saturated rings. The van der Waals surface area contributed by atoms with Gasteiger partial charge < -0.3 is 9.47 Å². The van der Waals surface area contributed by atoms with Crippen molar-refractivity contribution >= 4 is 18.0 Å². The first kappa shape index (κ1) is 18.0. The van der Waals surface area contributed by atoms with Gasteiger partial charge in [-0.3, -0.25) is 0 Å². The number of carbonyl (C=O) groups excluding carboxylic acids is 2. The highest BCUT2D eigenvalue weighted by Crippen LogP contribution is 2.17. The SMILES string of the molecule is C=Cc1ccc(C(=O)OCC(C)C)c(C(=O)OCC(C)C)c1. The van der Waals surface area contributed by atoms with Crippen molar-refractivity contribution in [2.24, 2.45) is 11.8 Å². The molecule has 0 bridgehead atoms. The summed E-state index contributed by atoms with van der Waals surface area (Å²) in [7, 11) is 0. The fourth-order valence-electron chi connectivity index (χ4n) is 1.68. The van der Waals surface area contributed by atoms with Crippen LogP contribution in [0.1, 0.15) is 54.0 Å². The van der Waals surface area contributed by atoms with Gasteiger partial charge in [0.1, 0.15) is 0 Å². The second-order valence-corrected chi connectivity index (χ2v) is 5.99. The van der Waals surface area contributed by atoms with Crippen molar-refractivity contribution in [3.8, 4) is 0 Å². The summed E-state index contributed by atoms with van der Waals surface area (Å²) in [4.78, 5) is 24.4. The lowest BCUT2D eigenvalue weighted by molar-refractivity contribution is 0.0412. The predicted octanol–water partition coefficient (Wildman–Crippen LogP) is 3.96. The Morgan fingerprint density at radius 1 is 1.00 bits per heavy atom. The summed E-state index contributed by atoms with van der Waals surface area (Å²) in [5, 5.41) is 0. The lowest BCUT2D eigenvalue weighted by Crippen LogP contribution is -2.17. The number of carbonyl (C=O) groups is 2. The molecule has 0 spiro atoms. The van der Waals surface area contributed by atoms with Crippen LogP contribution in [0.2, 0.25) is 0 Å². The smallest absolute Gasteiger partial charge is 0.339 e. The van der Waals surface area contributed by atoms with Gasteiger partial charge in [-0.05, 0) is 29.5 Å². The van der Waals surface area contributed by atoms with Gasteiger partial charge in [-0.15, -0.1) is 0 Å². The summed E-state index contributed by atoms with van der Waals surface area (Å²) in [6.45, 7) is 12.1. The van der Waals surface area contributed by atoms with E-state index in [0.29, 0.717) is 13.2 Å². The lowest BCUT2D eigenvalue weighted by atomic mass is 10.0. The van der Waals surface area contributed by atoms with Crippen LogP contribution in [0, 0.1) is 11.8 Å². The molecule has 0 unspecified atom stereocenters. The predicted molar refractivity (Wildman–Crippen MR) is 86.8 cm³/mol. The minimum absolute atomic E-state index is 0.215. The van der Waals surface area contributed by atoms with E-state index in [2.05, 4.69) is 6.58 Å². The number of hydrogen-bond donors (Lipinski definition) is 0. The second-order valence-electron chi connectivity index (χ2n) is 5.99. The number of esters is 2. The minimum Gasteiger partial charge on any atom is -0.462 e. The van der Waals surface area contributed by atoms with E-state index in [4.69, 9.17) is 9.47 Å². The zero-order chi connectivity index (χ0) is 16.7. The first-order valence-corrected chi connectivity index (χ1v) is 7.45. The molecule has 0 N–H and O–H groups in total. The van der Waals surface area contributed by atoms with Gasteiger partial charge in [-0.2, -0.15) is 0 Å². The van der Waals surface area contributed by atoms with Crippen LogP contribution in [0.4, 0.5) is 0 Å². The minimum atomic E-state index is -0.520. The quantitative estimate of drug-likeness (QED) is 0.716. The van der Waals surface area contributed by atoms with Crippen LogP contribution in [-0.4, -0.2) is 25.2 Å². The molecular formula is C18H24O4. The Labute approximate surface area is 132 Å². The molecule has 120 valence electrons. The van der Waals surface area contributed by atoms with E-state index >= 15 is 0 Å². The number of benzene rings is 1. The van der Waals surface area contributed by atoms with Gasteiger partial charge in [0, 0.05) is 0 Å². The van der Waals surface area contributed by atoms with Crippen molar-refractivity contribution in [3.63, 3.8) is 0 Å². The molecule has 1 rings (SSSR count). The second kappa shape index (κ2) is 8.37. The van der Waals surface area contributed by atoms with Crippen LogP contribution in [0.15, 0.2) is 24.8 Å². The largest absolute Gasteiger partial charge is 0.462 e. The van der Waals surface area contributed by atoms with Gasteiger partial charge >= 0.3 is 11.9 Å². The number of hydrogen-bond acceptors (Lipinski definition) is 4. The molecule has 1 aromatic carbocycles. The Hall–Kier alpha value is -2.10. The van der Waals surface area contributed by atoms with E-state index in [1.165, 1.54) is 0 Å². The molecule has 0 radical (unpaired) electrons. The fourth-order valence-corrected chi connectivity index (χ4v) is 1.68. The molecule has 1 aromatic rings. The van der Waals surface area contributed by atoms with Crippen molar-refractivity contribution in [1.29, 1.82) is 0 Å². The Morgan fingerprint density at radius 3 is 1.95 bits per heavy atom. The Balaban J connectivity index is 3.02. The van der Waals surface area contributed by atoms with Gasteiger partial charge in [-0.25, -0.2) is 9.59 Å².